The molecule has 0 amide bonds. The molecule has 0 aliphatic carbocycles. The molecule has 1 aliphatic rings. The van der Waals surface area contributed by atoms with Crippen molar-refractivity contribution in [2.24, 2.45) is 0 Å². The first-order valence-electron chi connectivity index (χ1n) is 6.51. The number of pyridine rings is 1. The van der Waals surface area contributed by atoms with Gasteiger partial charge in [0.25, 0.3) is 0 Å². The van der Waals surface area contributed by atoms with Gasteiger partial charge in [0.05, 0.1) is 6.54 Å². The van der Waals surface area contributed by atoms with Crippen molar-refractivity contribution < 1.29 is 13.2 Å². The molecule has 1 fully saturated rings. The van der Waals surface area contributed by atoms with E-state index >= 15 is 0 Å². The van der Waals surface area contributed by atoms with E-state index in [0.29, 0.717) is 25.4 Å². The summed E-state index contributed by atoms with van der Waals surface area (Å²) in [5.74, 6) is 0.406. The molecule has 0 radical (unpaired) electrons. The standard InChI is InChI=1S/C13H14N4O3S/c18-21(19,12-3-1-6-14-9-12)17-8-5-11(10-17)20-13-4-2-7-15-16-13/h1-4,6-7,9,11H,5,8,10H2. The van der Waals surface area contributed by atoms with Crippen molar-refractivity contribution in [3.8, 4) is 5.88 Å². The summed E-state index contributed by atoms with van der Waals surface area (Å²) in [7, 11) is -3.51. The highest BCUT2D eigenvalue weighted by molar-refractivity contribution is 7.89. The number of sulfonamides is 1. The van der Waals surface area contributed by atoms with Gasteiger partial charge in [-0.3, -0.25) is 4.98 Å². The molecule has 0 spiro atoms. The second-order valence-corrected chi connectivity index (χ2v) is 6.58. The Balaban J connectivity index is 1.70. The Morgan fingerprint density at radius 1 is 1.24 bits per heavy atom. The van der Waals surface area contributed by atoms with E-state index in [1.807, 2.05) is 0 Å². The maximum absolute atomic E-state index is 12.4. The molecule has 1 unspecified atom stereocenters. The lowest BCUT2D eigenvalue weighted by Gasteiger charge is -2.16. The Morgan fingerprint density at radius 2 is 2.10 bits per heavy atom. The summed E-state index contributed by atoms with van der Waals surface area (Å²) < 4.78 is 31.9. The first-order chi connectivity index (χ1) is 10.2. The minimum Gasteiger partial charge on any atom is -0.472 e. The summed E-state index contributed by atoms with van der Waals surface area (Å²) in [6.45, 7) is 0.718. The quantitative estimate of drug-likeness (QED) is 0.827. The van der Waals surface area contributed by atoms with E-state index in [1.54, 1.807) is 36.7 Å². The van der Waals surface area contributed by atoms with Gasteiger partial charge >= 0.3 is 0 Å². The van der Waals surface area contributed by atoms with Crippen LogP contribution in [0.2, 0.25) is 0 Å². The monoisotopic (exact) mass is 306 g/mol. The summed E-state index contributed by atoms with van der Waals surface area (Å²) in [6, 6.07) is 6.57. The molecule has 8 heteroatoms. The molecule has 2 aromatic rings. The van der Waals surface area contributed by atoms with Crippen molar-refractivity contribution in [1.29, 1.82) is 0 Å². The van der Waals surface area contributed by atoms with Crippen molar-refractivity contribution >= 4 is 10.0 Å². The Kier molecular flexibility index (Phi) is 3.80. The van der Waals surface area contributed by atoms with Gasteiger partial charge in [-0.15, -0.1) is 5.10 Å². The highest BCUT2D eigenvalue weighted by Crippen LogP contribution is 2.22. The van der Waals surface area contributed by atoms with Crippen LogP contribution in [-0.2, 0) is 10.0 Å². The summed E-state index contributed by atoms with van der Waals surface area (Å²) >= 11 is 0. The van der Waals surface area contributed by atoms with Crippen LogP contribution >= 0.6 is 0 Å². The van der Waals surface area contributed by atoms with Gasteiger partial charge in [0.15, 0.2) is 0 Å². The lowest BCUT2D eigenvalue weighted by molar-refractivity contribution is 0.204. The van der Waals surface area contributed by atoms with Gasteiger partial charge in [0, 0.05) is 31.2 Å². The minimum atomic E-state index is -3.51. The topological polar surface area (TPSA) is 85.3 Å². The normalized spacial score (nSPS) is 19.5. The van der Waals surface area contributed by atoms with Crippen molar-refractivity contribution in [2.75, 3.05) is 13.1 Å². The lowest BCUT2D eigenvalue weighted by atomic mass is 10.3. The van der Waals surface area contributed by atoms with Crippen molar-refractivity contribution in [3.05, 3.63) is 42.9 Å². The molecular formula is C13H14N4O3S. The van der Waals surface area contributed by atoms with E-state index in [9.17, 15) is 8.42 Å². The van der Waals surface area contributed by atoms with Crippen molar-refractivity contribution in [2.45, 2.75) is 17.4 Å². The van der Waals surface area contributed by atoms with Gasteiger partial charge in [0.2, 0.25) is 15.9 Å². The minimum absolute atomic E-state index is 0.199. The van der Waals surface area contributed by atoms with Gasteiger partial charge in [0.1, 0.15) is 11.0 Å². The number of aromatic nitrogens is 3. The van der Waals surface area contributed by atoms with Gasteiger partial charge in [-0.25, -0.2) is 8.42 Å². The molecule has 2 aromatic heterocycles. The van der Waals surface area contributed by atoms with Crippen molar-refractivity contribution in [3.63, 3.8) is 0 Å². The highest BCUT2D eigenvalue weighted by atomic mass is 32.2. The maximum atomic E-state index is 12.4. The first-order valence-corrected chi connectivity index (χ1v) is 7.95. The third-order valence-electron chi connectivity index (χ3n) is 3.22. The smallest absolute Gasteiger partial charge is 0.244 e. The van der Waals surface area contributed by atoms with E-state index in [1.165, 1.54) is 10.5 Å². The summed E-state index contributed by atoms with van der Waals surface area (Å²) in [5.41, 5.74) is 0. The molecule has 0 bridgehead atoms. The first kappa shape index (κ1) is 13.9. The van der Waals surface area contributed by atoms with E-state index in [0.717, 1.165) is 0 Å². The molecule has 110 valence electrons. The van der Waals surface area contributed by atoms with Crippen LogP contribution in [0.25, 0.3) is 0 Å². The zero-order valence-electron chi connectivity index (χ0n) is 11.2. The Labute approximate surface area is 122 Å². The molecule has 1 atom stereocenters. The molecule has 3 heterocycles. The lowest BCUT2D eigenvalue weighted by Crippen LogP contribution is -2.31. The van der Waals surface area contributed by atoms with E-state index < -0.39 is 10.0 Å². The second-order valence-electron chi connectivity index (χ2n) is 4.64. The molecule has 7 nitrogen and oxygen atoms in total. The highest BCUT2D eigenvalue weighted by Gasteiger charge is 2.33. The predicted octanol–water partition coefficient (Wildman–Crippen LogP) is 0.714. The Morgan fingerprint density at radius 3 is 2.81 bits per heavy atom. The zero-order chi connectivity index (χ0) is 14.7. The number of hydrogen-bond donors (Lipinski definition) is 0. The fourth-order valence-corrected chi connectivity index (χ4v) is 3.63. The molecular weight excluding hydrogens is 292 g/mol. The van der Waals surface area contributed by atoms with Crippen LogP contribution in [-0.4, -0.2) is 47.1 Å². The molecule has 3 rings (SSSR count). The number of rotatable bonds is 4. The summed E-state index contributed by atoms with van der Waals surface area (Å²) in [4.78, 5) is 4.05. The maximum Gasteiger partial charge on any atom is 0.244 e. The van der Waals surface area contributed by atoms with Gasteiger partial charge in [-0.05, 0) is 24.6 Å². The van der Waals surface area contributed by atoms with Crippen LogP contribution in [0.5, 0.6) is 5.88 Å². The Hall–Kier alpha value is -2.06. The molecule has 0 saturated carbocycles. The van der Waals surface area contributed by atoms with Crippen LogP contribution in [0.4, 0.5) is 0 Å². The second kappa shape index (κ2) is 5.74. The fraction of sp³-hybridized carbons (Fsp3) is 0.308. The van der Waals surface area contributed by atoms with Crippen LogP contribution < -0.4 is 4.74 Å². The number of hydrogen-bond acceptors (Lipinski definition) is 6. The van der Waals surface area contributed by atoms with Gasteiger partial charge in [-0.1, -0.05) is 0 Å². The predicted molar refractivity (Wildman–Crippen MR) is 74.1 cm³/mol. The van der Waals surface area contributed by atoms with Crippen LogP contribution in [0.3, 0.4) is 0 Å². The summed E-state index contributed by atoms with van der Waals surface area (Å²) in [6.07, 6.45) is 4.86. The molecule has 1 saturated heterocycles. The van der Waals surface area contributed by atoms with Gasteiger partial charge in [-0.2, -0.15) is 9.40 Å². The average Bonchev–Trinajstić information content (AvgIpc) is 2.98. The van der Waals surface area contributed by atoms with Crippen LogP contribution in [0, 0.1) is 0 Å². The molecule has 21 heavy (non-hydrogen) atoms. The summed E-state index contributed by atoms with van der Waals surface area (Å²) in [5, 5.41) is 7.56. The molecule has 0 N–H and O–H groups in total. The molecule has 1 aliphatic heterocycles. The van der Waals surface area contributed by atoms with E-state index in [4.69, 9.17) is 4.74 Å². The average molecular weight is 306 g/mol. The zero-order valence-corrected chi connectivity index (χ0v) is 12.0. The number of nitrogens with zero attached hydrogens (tertiary/aromatic N) is 4. The van der Waals surface area contributed by atoms with Gasteiger partial charge < -0.3 is 4.74 Å². The third kappa shape index (κ3) is 3.01. The third-order valence-corrected chi connectivity index (χ3v) is 5.06. The molecule has 0 aromatic carbocycles. The van der Waals surface area contributed by atoms with Crippen molar-refractivity contribution in [1.82, 2.24) is 19.5 Å². The largest absolute Gasteiger partial charge is 0.472 e. The fourth-order valence-electron chi connectivity index (χ4n) is 2.18. The Bertz CT molecular complexity index is 694. The van der Waals surface area contributed by atoms with E-state index in [2.05, 4.69) is 15.2 Å². The van der Waals surface area contributed by atoms with Crippen LogP contribution in [0.15, 0.2) is 47.8 Å². The van der Waals surface area contributed by atoms with Crippen LogP contribution in [0.1, 0.15) is 6.42 Å². The SMILES string of the molecule is O=S(=O)(c1cccnc1)N1CCC(Oc2cccnn2)C1. The van der Waals surface area contributed by atoms with E-state index in [-0.39, 0.29) is 11.0 Å². The number of ether oxygens (including phenoxy) is 1.